The van der Waals surface area contributed by atoms with Crippen molar-refractivity contribution in [1.29, 1.82) is 0 Å². The molecule has 0 radical (unpaired) electrons. The number of unbranched alkanes of at least 4 members (excludes halogenated alkanes) is 25. The first kappa shape index (κ1) is 49.3. The molecule has 6 nitrogen and oxygen atoms in total. The molecule has 2 atom stereocenters. The number of carbonyl (C=O) groups excluding carboxylic acids is 2. The highest BCUT2D eigenvalue weighted by molar-refractivity contribution is 5.76. The van der Waals surface area contributed by atoms with E-state index in [4.69, 9.17) is 4.74 Å². The summed E-state index contributed by atoms with van der Waals surface area (Å²) in [6.07, 6.45) is 45.7. The summed E-state index contributed by atoms with van der Waals surface area (Å²) in [5, 5.41) is 23.0. The number of amides is 1. The first-order chi connectivity index (χ1) is 25.0. The van der Waals surface area contributed by atoms with Crippen LogP contribution < -0.4 is 5.32 Å². The molecule has 0 aliphatic rings. The van der Waals surface area contributed by atoms with Crippen LogP contribution in [0.25, 0.3) is 0 Å². The standard InChI is InChI=1S/C45H85NO5/c1-3-5-7-9-11-13-14-15-16-17-18-23-27-31-35-39-45(50)51-40-36-32-28-24-20-19-22-26-30-34-38-44(49)46-42(41-47)43(48)37-33-29-25-21-12-10-8-6-4-2/h15-16,20,24,42-43,47-48H,3-14,17-19,21-23,25-41H2,1-2H3,(H,46,49)/b16-15-,24-20-. The summed E-state index contributed by atoms with van der Waals surface area (Å²) in [5.41, 5.74) is 0. The Morgan fingerprint density at radius 1 is 0.529 bits per heavy atom. The van der Waals surface area contributed by atoms with Gasteiger partial charge in [0.1, 0.15) is 0 Å². The van der Waals surface area contributed by atoms with Crippen molar-refractivity contribution in [3.8, 4) is 0 Å². The number of rotatable bonds is 40. The van der Waals surface area contributed by atoms with E-state index in [0.29, 0.717) is 25.9 Å². The quantitative estimate of drug-likeness (QED) is 0.0333. The Morgan fingerprint density at radius 3 is 1.39 bits per heavy atom. The Bertz CT molecular complexity index is 797. The van der Waals surface area contributed by atoms with Gasteiger partial charge in [0, 0.05) is 12.8 Å². The zero-order valence-corrected chi connectivity index (χ0v) is 33.8. The van der Waals surface area contributed by atoms with E-state index in [1.165, 1.54) is 116 Å². The SMILES string of the molecule is CCCCCCCC/C=C\CCCCCCCC(=O)OCCCC/C=C\CCCCCCC(=O)NC(CO)C(O)CCCCCCCCCCC. The normalized spacial score (nSPS) is 12.9. The molecule has 0 aromatic heterocycles. The van der Waals surface area contributed by atoms with Crippen molar-refractivity contribution >= 4 is 11.9 Å². The van der Waals surface area contributed by atoms with Crippen LogP contribution in [0.1, 0.15) is 226 Å². The summed E-state index contributed by atoms with van der Waals surface area (Å²) < 4.78 is 5.41. The monoisotopic (exact) mass is 720 g/mol. The number of carbonyl (C=O) groups is 2. The summed E-state index contributed by atoms with van der Waals surface area (Å²) in [7, 11) is 0. The average molecular weight is 720 g/mol. The summed E-state index contributed by atoms with van der Waals surface area (Å²) in [4.78, 5) is 24.3. The molecule has 0 aliphatic heterocycles. The van der Waals surface area contributed by atoms with Gasteiger partial charge in [0.05, 0.1) is 25.4 Å². The largest absolute Gasteiger partial charge is 0.466 e. The minimum atomic E-state index is -0.683. The van der Waals surface area contributed by atoms with Gasteiger partial charge in [-0.1, -0.05) is 160 Å². The number of hydrogen-bond donors (Lipinski definition) is 3. The molecule has 0 saturated heterocycles. The number of esters is 1. The van der Waals surface area contributed by atoms with Crippen molar-refractivity contribution < 1.29 is 24.5 Å². The number of ether oxygens (including phenoxy) is 1. The van der Waals surface area contributed by atoms with Crippen LogP contribution in [0.2, 0.25) is 0 Å². The van der Waals surface area contributed by atoms with Crippen LogP contribution in [0.3, 0.4) is 0 Å². The van der Waals surface area contributed by atoms with E-state index in [1.807, 2.05) is 0 Å². The van der Waals surface area contributed by atoms with E-state index in [1.54, 1.807) is 0 Å². The van der Waals surface area contributed by atoms with Gasteiger partial charge in [-0.3, -0.25) is 9.59 Å². The number of aliphatic hydroxyl groups is 2. The third-order valence-electron chi connectivity index (χ3n) is 9.97. The van der Waals surface area contributed by atoms with Crippen LogP contribution in [-0.2, 0) is 14.3 Å². The molecule has 1 amide bonds. The van der Waals surface area contributed by atoms with Crippen molar-refractivity contribution in [1.82, 2.24) is 5.32 Å². The van der Waals surface area contributed by atoms with Gasteiger partial charge in [-0.25, -0.2) is 0 Å². The maximum Gasteiger partial charge on any atom is 0.305 e. The summed E-state index contributed by atoms with van der Waals surface area (Å²) in [5.74, 6) is -0.121. The van der Waals surface area contributed by atoms with Gasteiger partial charge >= 0.3 is 5.97 Å². The second kappa shape index (κ2) is 41.1. The van der Waals surface area contributed by atoms with Gasteiger partial charge < -0.3 is 20.3 Å². The van der Waals surface area contributed by atoms with E-state index in [0.717, 1.165) is 77.0 Å². The van der Waals surface area contributed by atoms with Crippen LogP contribution in [0.4, 0.5) is 0 Å². The molecule has 3 N–H and O–H groups in total. The molecule has 0 saturated carbocycles. The van der Waals surface area contributed by atoms with E-state index in [2.05, 4.69) is 43.5 Å². The lowest BCUT2D eigenvalue weighted by Gasteiger charge is -2.22. The zero-order valence-electron chi connectivity index (χ0n) is 33.8. The maximum absolute atomic E-state index is 12.3. The van der Waals surface area contributed by atoms with Gasteiger partial charge in [0.2, 0.25) is 5.91 Å². The Balaban J connectivity index is 3.53. The summed E-state index contributed by atoms with van der Waals surface area (Å²) in [6, 6.07) is -0.564. The molecule has 300 valence electrons. The molecule has 6 heteroatoms. The minimum absolute atomic E-state index is 0.0456. The molecule has 0 bridgehead atoms. The fraction of sp³-hybridized carbons (Fsp3) is 0.867. The highest BCUT2D eigenvalue weighted by Gasteiger charge is 2.20. The number of nitrogens with one attached hydrogen (secondary N) is 1. The molecule has 0 spiro atoms. The molecule has 0 aromatic carbocycles. The van der Waals surface area contributed by atoms with Crippen molar-refractivity contribution in [3.05, 3.63) is 24.3 Å². The number of aliphatic hydroxyl groups excluding tert-OH is 2. The summed E-state index contributed by atoms with van der Waals surface area (Å²) in [6.45, 7) is 4.81. The molecular weight excluding hydrogens is 634 g/mol. The Labute approximate surface area is 316 Å². The second-order valence-corrected chi connectivity index (χ2v) is 15.0. The molecule has 0 aromatic rings. The molecule has 0 rings (SSSR count). The molecule has 0 fully saturated rings. The van der Waals surface area contributed by atoms with Crippen molar-refractivity contribution in [2.45, 2.75) is 238 Å². The Hall–Kier alpha value is -1.66. The van der Waals surface area contributed by atoms with Gasteiger partial charge in [0.15, 0.2) is 0 Å². The molecular formula is C45H85NO5. The number of hydrogen-bond acceptors (Lipinski definition) is 5. The lowest BCUT2D eigenvalue weighted by molar-refractivity contribution is -0.143. The third-order valence-corrected chi connectivity index (χ3v) is 9.97. The van der Waals surface area contributed by atoms with E-state index in [-0.39, 0.29) is 18.5 Å². The average Bonchev–Trinajstić information content (AvgIpc) is 3.13. The molecule has 0 heterocycles. The second-order valence-electron chi connectivity index (χ2n) is 15.0. The highest BCUT2D eigenvalue weighted by atomic mass is 16.5. The lowest BCUT2D eigenvalue weighted by atomic mass is 10.0. The highest BCUT2D eigenvalue weighted by Crippen LogP contribution is 2.14. The number of allylic oxidation sites excluding steroid dienone is 4. The van der Waals surface area contributed by atoms with Gasteiger partial charge in [0.25, 0.3) is 0 Å². The van der Waals surface area contributed by atoms with Crippen LogP contribution in [0.15, 0.2) is 24.3 Å². The van der Waals surface area contributed by atoms with Crippen molar-refractivity contribution in [2.24, 2.45) is 0 Å². The fourth-order valence-electron chi connectivity index (χ4n) is 6.51. The topological polar surface area (TPSA) is 95.9 Å². The smallest absolute Gasteiger partial charge is 0.305 e. The zero-order chi connectivity index (χ0) is 37.3. The van der Waals surface area contributed by atoms with Gasteiger partial charge in [-0.2, -0.15) is 0 Å². The fourth-order valence-corrected chi connectivity index (χ4v) is 6.51. The first-order valence-corrected chi connectivity index (χ1v) is 22.1. The summed E-state index contributed by atoms with van der Waals surface area (Å²) >= 11 is 0. The minimum Gasteiger partial charge on any atom is -0.466 e. The van der Waals surface area contributed by atoms with E-state index >= 15 is 0 Å². The van der Waals surface area contributed by atoms with Crippen LogP contribution >= 0.6 is 0 Å². The first-order valence-electron chi connectivity index (χ1n) is 22.1. The Morgan fingerprint density at radius 2 is 0.922 bits per heavy atom. The van der Waals surface area contributed by atoms with Gasteiger partial charge in [-0.15, -0.1) is 0 Å². The van der Waals surface area contributed by atoms with Crippen molar-refractivity contribution in [2.75, 3.05) is 13.2 Å². The van der Waals surface area contributed by atoms with Crippen LogP contribution in [0, 0.1) is 0 Å². The van der Waals surface area contributed by atoms with Crippen molar-refractivity contribution in [3.63, 3.8) is 0 Å². The molecule has 51 heavy (non-hydrogen) atoms. The predicted octanol–water partition coefficient (Wildman–Crippen LogP) is 12.4. The van der Waals surface area contributed by atoms with Crippen LogP contribution in [-0.4, -0.2) is 47.4 Å². The van der Waals surface area contributed by atoms with Crippen LogP contribution in [0.5, 0.6) is 0 Å². The maximum atomic E-state index is 12.3. The molecule has 2 unspecified atom stereocenters. The Kier molecular flexibility index (Phi) is 39.8. The van der Waals surface area contributed by atoms with E-state index in [9.17, 15) is 19.8 Å². The predicted molar refractivity (Wildman–Crippen MR) is 218 cm³/mol. The lowest BCUT2D eigenvalue weighted by Crippen LogP contribution is -2.45. The molecule has 0 aliphatic carbocycles. The van der Waals surface area contributed by atoms with E-state index < -0.39 is 12.1 Å². The van der Waals surface area contributed by atoms with Gasteiger partial charge in [-0.05, 0) is 77.0 Å². The third kappa shape index (κ3) is 37.9.